The summed E-state index contributed by atoms with van der Waals surface area (Å²) in [6.07, 6.45) is 9.39. The summed E-state index contributed by atoms with van der Waals surface area (Å²) in [5.74, 6) is 1.73. The van der Waals surface area contributed by atoms with Crippen molar-refractivity contribution in [2.75, 3.05) is 33.7 Å². The summed E-state index contributed by atoms with van der Waals surface area (Å²) in [5, 5.41) is 6.37. The number of nitrogens with one attached hydrogen (secondary N) is 2. The van der Waals surface area contributed by atoms with E-state index in [1.807, 2.05) is 0 Å². The van der Waals surface area contributed by atoms with Gasteiger partial charge in [-0.25, -0.2) is 0 Å². The van der Waals surface area contributed by atoms with E-state index in [0.717, 1.165) is 24.9 Å². The first-order chi connectivity index (χ1) is 9.66. The molecule has 0 spiro atoms. The molecule has 6 heteroatoms. The quantitative estimate of drug-likeness (QED) is 0.704. The van der Waals surface area contributed by atoms with Gasteiger partial charge in [0.15, 0.2) is 0 Å². The van der Waals surface area contributed by atoms with Crippen LogP contribution in [0.15, 0.2) is 0 Å². The first-order valence-corrected chi connectivity index (χ1v) is 8.30. The third kappa shape index (κ3) is 8.00. The van der Waals surface area contributed by atoms with E-state index in [-0.39, 0.29) is 30.7 Å². The van der Waals surface area contributed by atoms with Crippen molar-refractivity contribution in [2.45, 2.75) is 51.0 Å². The number of carbonyl (C=O) groups excluding carboxylic acids is 1. The molecule has 132 valence electrons. The molecule has 0 radical (unpaired) electrons. The van der Waals surface area contributed by atoms with Crippen LogP contribution in [0.2, 0.25) is 0 Å². The summed E-state index contributed by atoms with van der Waals surface area (Å²) in [4.78, 5) is 14.1. The number of hydrogen-bond donors (Lipinski definition) is 2. The van der Waals surface area contributed by atoms with Crippen LogP contribution in [0.5, 0.6) is 0 Å². The van der Waals surface area contributed by atoms with Crippen molar-refractivity contribution >= 4 is 30.7 Å². The number of rotatable bonds is 8. The molecule has 2 rings (SSSR count). The molecule has 2 fully saturated rings. The molecule has 2 aliphatic carbocycles. The van der Waals surface area contributed by atoms with Crippen LogP contribution in [0.25, 0.3) is 0 Å². The van der Waals surface area contributed by atoms with E-state index in [1.54, 1.807) is 0 Å². The number of hydrogen-bond acceptors (Lipinski definition) is 3. The average molecular weight is 354 g/mol. The van der Waals surface area contributed by atoms with E-state index in [4.69, 9.17) is 0 Å². The van der Waals surface area contributed by atoms with E-state index in [9.17, 15) is 4.79 Å². The molecule has 22 heavy (non-hydrogen) atoms. The van der Waals surface area contributed by atoms with Crippen molar-refractivity contribution in [2.24, 2.45) is 11.8 Å². The van der Waals surface area contributed by atoms with Gasteiger partial charge in [0, 0.05) is 12.6 Å². The minimum atomic E-state index is 0. The maximum atomic E-state index is 11.9. The fourth-order valence-electron chi connectivity index (χ4n) is 3.28. The van der Waals surface area contributed by atoms with Gasteiger partial charge in [0.25, 0.3) is 0 Å². The Morgan fingerprint density at radius 1 is 1.09 bits per heavy atom. The third-order valence-electron chi connectivity index (χ3n) is 4.78. The predicted octanol–water partition coefficient (Wildman–Crippen LogP) is 2.46. The summed E-state index contributed by atoms with van der Waals surface area (Å²) in [6.45, 7) is 2.27. The second-order valence-corrected chi connectivity index (χ2v) is 6.81. The molecule has 0 saturated heterocycles. The molecule has 0 aromatic carbocycles. The Labute approximate surface area is 148 Å². The fourth-order valence-corrected chi connectivity index (χ4v) is 3.28. The van der Waals surface area contributed by atoms with Gasteiger partial charge in [-0.3, -0.25) is 4.79 Å². The highest BCUT2D eigenvalue weighted by Crippen LogP contribution is 2.28. The Balaban J connectivity index is 0.00000220. The highest BCUT2D eigenvalue weighted by atomic mass is 35.5. The lowest BCUT2D eigenvalue weighted by molar-refractivity contribution is -0.120. The van der Waals surface area contributed by atoms with Gasteiger partial charge in [-0.05, 0) is 58.2 Å². The minimum Gasteiger partial charge on any atom is -0.353 e. The molecule has 4 nitrogen and oxygen atoms in total. The molecule has 1 unspecified atom stereocenters. The molecule has 0 bridgehead atoms. The monoisotopic (exact) mass is 353 g/mol. The molecule has 0 aromatic rings. The van der Waals surface area contributed by atoms with Gasteiger partial charge >= 0.3 is 0 Å². The molecule has 1 amide bonds. The molecule has 0 aromatic heterocycles. The van der Waals surface area contributed by atoms with Crippen molar-refractivity contribution in [1.29, 1.82) is 0 Å². The van der Waals surface area contributed by atoms with Crippen molar-refractivity contribution in [1.82, 2.24) is 15.5 Å². The second kappa shape index (κ2) is 11.5. The zero-order chi connectivity index (χ0) is 14.4. The number of nitrogens with zero attached hydrogens (tertiary/aromatic N) is 1. The van der Waals surface area contributed by atoms with Crippen molar-refractivity contribution < 1.29 is 4.79 Å². The van der Waals surface area contributed by atoms with Gasteiger partial charge in [0.2, 0.25) is 5.91 Å². The summed E-state index contributed by atoms with van der Waals surface area (Å²) >= 11 is 0. The minimum absolute atomic E-state index is 0. The van der Waals surface area contributed by atoms with Gasteiger partial charge < -0.3 is 15.5 Å². The van der Waals surface area contributed by atoms with E-state index >= 15 is 0 Å². The second-order valence-electron chi connectivity index (χ2n) is 6.81. The Morgan fingerprint density at radius 3 is 2.27 bits per heavy atom. The SMILES string of the molecule is CN(C)C(CNC(=O)CNCC1CC1)C1CCCCC1.Cl.Cl. The number of likely N-dealkylation sites (N-methyl/N-ethyl adjacent to an activating group) is 1. The Hall–Kier alpha value is -0.0300. The van der Waals surface area contributed by atoms with Crippen LogP contribution in [0.4, 0.5) is 0 Å². The molecule has 0 heterocycles. The zero-order valence-electron chi connectivity index (χ0n) is 14.0. The van der Waals surface area contributed by atoms with Crippen LogP contribution in [-0.2, 0) is 4.79 Å². The van der Waals surface area contributed by atoms with Crippen LogP contribution in [0.3, 0.4) is 0 Å². The van der Waals surface area contributed by atoms with Gasteiger partial charge in [0.05, 0.1) is 6.54 Å². The topological polar surface area (TPSA) is 44.4 Å². The maximum Gasteiger partial charge on any atom is 0.234 e. The molecule has 1 atom stereocenters. The Morgan fingerprint density at radius 2 is 1.73 bits per heavy atom. The van der Waals surface area contributed by atoms with Crippen LogP contribution in [0, 0.1) is 11.8 Å². The Kier molecular flexibility index (Phi) is 11.5. The van der Waals surface area contributed by atoms with Gasteiger partial charge in [-0.15, -0.1) is 24.8 Å². The fraction of sp³-hybridized carbons (Fsp3) is 0.938. The van der Waals surface area contributed by atoms with E-state index in [2.05, 4.69) is 29.6 Å². The average Bonchev–Trinajstić information content (AvgIpc) is 3.24. The molecule has 0 aliphatic heterocycles. The highest BCUT2D eigenvalue weighted by molar-refractivity contribution is 5.85. The molecular formula is C16H33Cl2N3O. The van der Waals surface area contributed by atoms with Gasteiger partial charge in [-0.1, -0.05) is 19.3 Å². The molecule has 2 saturated carbocycles. The van der Waals surface area contributed by atoms with Crippen molar-refractivity contribution in [3.8, 4) is 0 Å². The van der Waals surface area contributed by atoms with Crippen LogP contribution in [-0.4, -0.2) is 50.6 Å². The lowest BCUT2D eigenvalue weighted by Crippen LogP contribution is -2.47. The van der Waals surface area contributed by atoms with Crippen LogP contribution < -0.4 is 10.6 Å². The maximum absolute atomic E-state index is 11.9. The van der Waals surface area contributed by atoms with E-state index in [1.165, 1.54) is 44.9 Å². The standard InChI is InChI=1S/C16H31N3O.2ClH/c1-19(2)15(14-6-4-3-5-7-14)11-18-16(20)12-17-10-13-8-9-13;;/h13-15,17H,3-12H2,1-2H3,(H,18,20);2*1H. The van der Waals surface area contributed by atoms with E-state index < -0.39 is 0 Å². The number of carbonyl (C=O) groups is 1. The summed E-state index contributed by atoms with van der Waals surface area (Å²) in [7, 11) is 4.27. The van der Waals surface area contributed by atoms with E-state index in [0.29, 0.717) is 12.6 Å². The van der Waals surface area contributed by atoms with Crippen LogP contribution >= 0.6 is 24.8 Å². The van der Waals surface area contributed by atoms with Crippen LogP contribution in [0.1, 0.15) is 44.9 Å². The first kappa shape index (κ1) is 22.0. The lowest BCUT2D eigenvalue weighted by Gasteiger charge is -2.35. The summed E-state index contributed by atoms with van der Waals surface area (Å²) < 4.78 is 0. The first-order valence-electron chi connectivity index (χ1n) is 8.30. The van der Waals surface area contributed by atoms with Crippen molar-refractivity contribution in [3.05, 3.63) is 0 Å². The smallest absolute Gasteiger partial charge is 0.234 e. The largest absolute Gasteiger partial charge is 0.353 e. The Bertz CT molecular complexity index is 306. The zero-order valence-corrected chi connectivity index (χ0v) is 15.6. The summed E-state index contributed by atoms with van der Waals surface area (Å²) in [5.41, 5.74) is 0. The molecular weight excluding hydrogens is 321 g/mol. The molecule has 2 N–H and O–H groups in total. The normalized spacial score (nSPS) is 20.0. The van der Waals surface area contributed by atoms with Gasteiger partial charge in [0.1, 0.15) is 0 Å². The molecule has 2 aliphatic rings. The number of amides is 1. The highest BCUT2D eigenvalue weighted by Gasteiger charge is 2.25. The van der Waals surface area contributed by atoms with Crippen molar-refractivity contribution in [3.63, 3.8) is 0 Å². The third-order valence-corrected chi connectivity index (χ3v) is 4.78. The van der Waals surface area contributed by atoms with Gasteiger partial charge in [-0.2, -0.15) is 0 Å². The predicted molar refractivity (Wildman–Crippen MR) is 97.1 cm³/mol. The number of halogens is 2. The summed E-state index contributed by atoms with van der Waals surface area (Å²) in [6, 6.07) is 0.489. The lowest BCUT2D eigenvalue weighted by atomic mass is 9.83.